The third-order valence-electron chi connectivity index (χ3n) is 5.06. The quantitative estimate of drug-likeness (QED) is 0.216. The van der Waals surface area contributed by atoms with E-state index in [1.807, 2.05) is 35.3 Å². The summed E-state index contributed by atoms with van der Waals surface area (Å²) in [5, 5.41) is 0. The number of rotatable bonds is 12. The van der Waals surface area contributed by atoms with Gasteiger partial charge in [0.05, 0.1) is 0 Å². The van der Waals surface area contributed by atoms with Gasteiger partial charge in [0.2, 0.25) is 6.71 Å². The molecule has 3 rings (SSSR count). The smallest absolute Gasteiger partial charge is 0.126 e. The summed E-state index contributed by atoms with van der Waals surface area (Å²) < 4.78 is 0. The minimum absolute atomic E-state index is 0.265. The van der Waals surface area contributed by atoms with Crippen molar-refractivity contribution in [1.29, 1.82) is 0 Å². The van der Waals surface area contributed by atoms with Crippen LogP contribution in [0.5, 0.6) is 0 Å². The van der Waals surface area contributed by atoms with E-state index in [-0.39, 0.29) is 6.71 Å². The molecule has 0 amide bonds. The molecule has 0 bridgehead atoms. The Morgan fingerprint density at radius 3 is 0.935 bits per heavy atom. The molecule has 0 spiro atoms. The number of hydrogen-bond acceptors (Lipinski definition) is 3. The van der Waals surface area contributed by atoms with Gasteiger partial charge in [0.1, 0.15) is 0 Å². The second-order valence-corrected chi connectivity index (χ2v) is 11.2. The molecule has 0 nitrogen and oxygen atoms in total. The number of hydrogen-bond donors (Lipinski definition) is 0. The molecule has 3 aromatic rings. The third-order valence-corrected chi connectivity index (χ3v) is 8.71. The number of thioether (sulfide) groups is 3. The zero-order chi connectivity index (χ0) is 21.9. The lowest BCUT2D eigenvalue weighted by Gasteiger charge is -2.17. The van der Waals surface area contributed by atoms with Crippen LogP contribution >= 0.6 is 35.3 Å². The van der Waals surface area contributed by atoms with Crippen molar-refractivity contribution < 1.29 is 0 Å². The molecule has 0 fully saturated rings. The van der Waals surface area contributed by atoms with Crippen molar-refractivity contribution in [2.45, 2.75) is 54.7 Å². The highest BCUT2D eigenvalue weighted by Gasteiger charge is 2.21. The molecule has 0 saturated heterocycles. The van der Waals surface area contributed by atoms with E-state index in [2.05, 4.69) is 93.6 Å². The summed E-state index contributed by atoms with van der Waals surface area (Å²) in [4.78, 5) is 4.09. The summed E-state index contributed by atoms with van der Waals surface area (Å²) in [5.41, 5.74) is 4.09. The van der Waals surface area contributed by atoms with Gasteiger partial charge in [0.25, 0.3) is 0 Å². The van der Waals surface area contributed by atoms with Crippen molar-refractivity contribution in [1.82, 2.24) is 0 Å². The third kappa shape index (κ3) is 7.41. The van der Waals surface area contributed by atoms with Crippen LogP contribution in [0, 0.1) is 0 Å². The predicted molar refractivity (Wildman–Crippen MR) is 147 cm³/mol. The highest BCUT2D eigenvalue weighted by atomic mass is 32.2. The fourth-order valence-electron chi connectivity index (χ4n) is 3.51. The Bertz CT molecular complexity index is 767. The summed E-state index contributed by atoms with van der Waals surface area (Å²) in [7, 11) is 0. The molecule has 3 aromatic carbocycles. The molecule has 0 atom stereocenters. The summed E-state index contributed by atoms with van der Waals surface area (Å²) in [5.74, 6) is 3.53. The van der Waals surface area contributed by atoms with Crippen LogP contribution < -0.4 is 16.4 Å². The standard InChI is InChI=1S/C27H33BS3/c1-4-19-29-25-13-7-22(8-14-25)28(23-9-15-26(16-10-23)30-20-5-2)24-11-17-27(18-12-24)31-21-6-3/h7-18H,4-6,19-21H2,1-3H3. The normalized spacial score (nSPS) is 10.9. The van der Waals surface area contributed by atoms with E-state index in [1.165, 1.54) is 67.6 Å². The predicted octanol–water partition coefficient (Wildman–Crippen LogP) is 6.71. The number of benzene rings is 3. The fraction of sp³-hybridized carbons (Fsp3) is 0.333. The lowest BCUT2D eigenvalue weighted by molar-refractivity contribution is 1.10. The van der Waals surface area contributed by atoms with Gasteiger partial charge >= 0.3 is 0 Å². The minimum Gasteiger partial charge on any atom is -0.126 e. The molecular weight excluding hydrogens is 431 g/mol. The van der Waals surface area contributed by atoms with Crippen LogP contribution in [0.2, 0.25) is 0 Å². The van der Waals surface area contributed by atoms with E-state index in [0.29, 0.717) is 0 Å². The van der Waals surface area contributed by atoms with E-state index >= 15 is 0 Å². The topological polar surface area (TPSA) is 0 Å². The van der Waals surface area contributed by atoms with Crippen LogP contribution in [0.3, 0.4) is 0 Å². The first-order chi connectivity index (χ1) is 15.2. The Labute approximate surface area is 202 Å². The van der Waals surface area contributed by atoms with Gasteiger partial charge in [0.15, 0.2) is 0 Å². The molecule has 0 unspecified atom stereocenters. The molecule has 0 aliphatic heterocycles. The second-order valence-electron chi connectivity index (χ2n) is 7.69. The van der Waals surface area contributed by atoms with E-state index in [0.717, 1.165) is 0 Å². The average molecular weight is 465 g/mol. The van der Waals surface area contributed by atoms with Crippen LogP contribution in [-0.2, 0) is 0 Å². The summed E-state index contributed by atoms with van der Waals surface area (Å²) in [6.45, 7) is 6.98. The first kappa shape index (κ1) is 24.4. The van der Waals surface area contributed by atoms with E-state index in [1.54, 1.807) is 0 Å². The molecule has 4 heteroatoms. The Morgan fingerprint density at radius 1 is 0.452 bits per heavy atom. The molecule has 0 heterocycles. The SMILES string of the molecule is CCCSc1ccc(B(c2ccc(SCCC)cc2)c2ccc(SCCC)cc2)cc1. The van der Waals surface area contributed by atoms with Gasteiger partial charge in [-0.1, -0.05) is 73.6 Å². The van der Waals surface area contributed by atoms with Gasteiger partial charge in [-0.15, -0.1) is 35.3 Å². The van der Waals surface area contributed by atoms with E-state index in [9.17, 15) is 0 Å². The summed E-state index contributed by atoms with van der Waals surface area (Å²) >= 11 is 5.84. The first-order valence-electron chi connectivity index (χ1n) is 11.4. The minimum atomic E-state index is 0.265. The van der Waals surface area contributed by atoms with Gasteiger partial charge in [-0.05, 0) is 72.9 Å². The Balaban J connectivity index is 1.90. The second kappa shape index (κ2) is 13.4. The zero-order valence-electron chi connectivity index (χ0n) is 19.0. The maximum absolute atomic E-state index is 2.32. The highest BCUT2D eigenvalue weighted by Crippen LogP contribution is 2.20. The van der Waals surface area contributed by atoms with Crippen LogP contribution in [0.15, 0.2) is 87.5 Å². The van der Waals surface area contributed by atoms with Crippen molar-refractivity contribution in [3.05, 3.63) is 72.8 Å². The molecule has 0 aliphatic rings. The van der Waals surface area contributed by atoms with Crippen molar-refractivity contribution in [2.24, 2.45) is 0 Å². The molecule has 0 N–H and O–H groups in total. The monoisotopic (exact) mass is 464 g/mol. The molecular formula is C27H33BS3. The molecule has 0 radical (unpaired) electrons. The zero-order valence-corrected chi connectivity index (χ0v) is 21.4. The maximum Gasteiger partial charge on any atom is 0.241 e. The van der Waals surface area contributed by atoms with Crippen LogP contribution in [0.4, 0.5) is 0 Å². The Hall–Kier alpha value is -1.23. The van der Waals surface area contributed by atoms with Crippen LogP contribution in [0.1, 0.15) is 40.0 Å². The van der Waals surface area contributed by atoms with Gasteiger partial charge < -0.3 is 0 Å². The van der Waals surface area contributed by atoms with Crippen LogP contribution in [-0.4, -0.2) is 24.0 Å². The van der Waals surface area contributed by atoms with Crippen molar-refractivity contribution in [3.63, 3.8) is 0 Å². The van der Waals surface area contributed by atoms with E-state index in [4.69, 9.17) is 0 Å². The van der Waals surface area contributed by atoms with Gasteiger partial charge in [-0.3, -0.25) is 0 Å². The molecule has 31 heavy (non-hydrogen) atoms. The first-order valence-corrected chi connectivity index (χ1v) is 14.4. The van der Waals surface area contributed by atoms with Crippen molar-refractivity contribution in [3.8, 4) is 0 Å². The lowest BCUT2D eigenvalue weighted by atomic mass is 9.37. The summed E-state index contributed by atoms with van der Waals surface area (Å²) in [6, 6.07) is 27.7. The molecule has 0 aromatic heterocycles. The largest absolute Gasteiger partial charge is 0.241 e. The molecule has 0 saturated carbocycles. The van der Waals surface area contributed by atoms with Crippen molar-refractivity contribution >= 4 is 58.4 Å². The van der Waals surface area contributed by atoms with Crippen molar-refractivity contribution in [2.75, 3.05) is 17.3 Å². The summed E-state index contributed by atoms with van der Waals surface area (Å²) in [6.07, 6.45) is 3.62. The highest BCUT2D eigenvalue weighted by molar-refractivity contribution is 7.99. The van der Waals surface area contributed by atoms with Gasteiger partial charge in [-0.25, -0.2) is 0 Å². The van der Waals surface area contributed by atoms with Gasteiger partial charge in [0, 0.05) is 14.7 Å². The van der Waals surface area contributed by atoms with Crippen LogP contribution in [0.25, 0.3) is 0 Å². The fourth-order valence-corrected chi connectivity index (χ4v) is 5.81. The molecule has 162 valence electrons. The maximum atomic E-state index is 2.32. The van der Waals surface area contributed by atoms with Gasteiger partial charge in [-0.2, -0.15) is 0 Å². The Morgan fingerprint density at radius 2 is 0.710 bits per heavy atom. The Kier molecular flexibility index (Phi) is 10.5. The average Bonchev–Trinajstić information content (AvgIpc) is 2.82. The lowest BCUT2D eigenvalue weighted by Crippen LogP contribution is -2.51. The molecule has 0 aliphatic carbocycles. The van der Waals surface area contributed by atoms with E-state index < -0.39 is 0 Å².